The second kappa shape index (κ2) is 4.04. The average Bonchev–Trinajstić information content (AvgIpc) is 2.34. The highest BCUT2D eigenvalue weighted by Crippen LogP contribution is 2.36. The van der Waals surface area contributed by atoms with E-state index in [4.69, 9.17) is 10.5 Å². The lowest BCUT2D eigenvalue weighted by atomic mass is 10.1. The lowest BCUT2D eigenvalue weighted by Gasteiger charge is -2.23. The lowest BCUT2D eigenvalue weighted by Crippen LogP contribution is -2.34. The number of fused-ring (bicyclic) bond motifs is 1. The molecule has 2 N–H and O–H groups in total. The summed E-state index contributed by atoms with van der Waals surface area (Å²) in [6.45, 7) is 4.30. The van der Waals surface area contributed by atoms with Gasteiger partial charge in [-0.05, 0) is 31.5 Å². The summed E-state index contributed by atoms with van der Waals surface area (Å²) in [4.78, 5) is 13.6. The van der Waals surface area contributed by atoms with Crippen molar-refractivity contribution in [2.24, 2.45) is 5.73 Å². The summed E-state index contributed by atoms with van der Waals surface area (Å²) in [6.07, 6.45) is 0.371. The Morgan fingerprint density at radius 1 is 1.47 bits per heavy atom. The summed E-state index contributed by atoms with van der Waals surface area (Å²) in [5.41, 5.74) is 6.93. The van der Waals surface area contributed by atoms with Crippen LogP contribution in [0.2, 0.25) is 0 Å². The molecule has 92 valence electrons. The summed E-state index contributed by atoms with van der Waals surface area (Å²) in [6, 6.07) is 5.72. The minimum absolute atomic E-state index is 0.0583. The Morgan fingerprint density at radius 2 is 2.18 bits per heavy atom. The molecule has 0 saturated heterocycles. The molecule has 0 unspecified atom stereocenters. The highest BCUT2D eigenvalue weighted by molar-refractivity contribution is 5.95. The predicted molar refractivity (Wildman–Crippen MR) is 67.1 cm³/mol. The molecule has 4 nitrogen and oxygen atoms in total. The Morgan fingerprint density at radius 3 is 2.82 bits per heavy atom. The van der Waals surface area contributed by atoms with Crippen LogP contribution in [-0.4, -0.2) is 18.6 Å². The first-order valence-electron chi connectivity index (χ1n) is 5.71. The minimum atomic E-state index is -0.471. The smallest absolute Gasteiger partial charge is 0.230 e. The van der Waals surface area contributed by atoms with E-state index in [-0.39, 0.29) is 5.91 Å². The van der Waals surface area contributed by atoms with E-state index in [2.05, 4.69) is 0 Å². The fraction of sp³-hybridized carbons (Fsp3) is 0.462. The van der Waals surface area contributed by atoms with Gasteiger partial charge in [-0.25, -0.2) is 0 Å². The molecule has 0 saturated carbocycles. The molecule has 1 aliphatic heterocycles. The molecule has 1 aromatic carbocycles. The number of carbonyl (C=O) groups is 1. The van der Waals surface area contributed by atoms with E-state index < -0.39 is 5.60 Å². The number of ether oxygens (including phenoxy) is 1. The van der Waals surface area contributed by atoms with Crippen LogP contribution in [0.25, 0.3) is 0 Å². The molecule has 1 heterocycles. The third-order valence-electron chi connectivity index (χ3n) is 2.96. The topological polar surface area (TPSA) is 55.6 Å². The van der Waals surface area contributed by atoms with E-state index in [1.54, 1.807) is 11.9 Å². The van der Waals surface area contributed by atoms with Crippen molar-refractivity contribution in [3.8, 4) is 5.75 Å². The van der Waals surface area contributed by atoms with E-state index >= 15 is 0 Å². The first-order chi connectivity index (χ1) is 7.93. The number of carbonyl (C=O) groups excluding carboxylic acids is 1. The molecule has 17 heavy (non-hydrogen) atoms. The van der Waals surface area contributed by atoms with Gasteiger partial charge >= 0.3 is 0 Å². The molecule has 1 amide bonds. The van der Waals surface area contributed by atoms with Crippen molar-refractivity contribution in [1.82, 2.24) is 0 Å². The van der Waals surface area contributed by atoms with E-state index in [9.17, 15) is 4.79 Å². The lowest BCUT2D eigenvalue weighted by molar-refractivity contribution is -0.120. The Bertz CT molecular complexity index is 455. The van der Waals surface area contributed by atoms with Crippen LogP contribution < -0.4 is 15.4 Å². The maximum atomic E-state index is 12.0. The van der Waals surface area contributed by atoms with E-state index in [0.29, 0.717) is 13.0 Å². The number of nitrogens with zero attached hydrogens (tertiary/aromatic N) is 1. The zero-order valence-corrected chi connectivity index (χ0v) is 10.5. The quantitative estimate of drug-likeness (QED) is 0.804. The number of benzene rings is 1. The van der Waals surface area contributed by atoms with Crippen molar-refractivity contribution in [2.45, 2.75) is 32.4 Å². The number of nitrogens with two attached hydrogens (primary N) is 1. The standard InChI is InChI=1S/C13H18N2O2/c1-13(2)7-12(16)15(3)10-6-9(8-14)4-5-11(10)17-13/h4-6H,7-8,14H2,1-3H3. The number of amides is 1. The van der Waals surface area contributed by atoms with Crippen LogP contribution in [0.15, 0.2) is 18.2 Å². The molecular formula is C13H18N2O2. The third-order valence-corrected chi connectivity index (χ3v) is 2.96. The van der Waals surface area contributed by atoms with Gasteiger partial charge < -0.3 is 15.4 Å². The molecule has 1 aliphatic rings. The summed E-state index contributed by atoms with van der Waals surface area (Å²) in [7, 11) is 1.77. The molecule has 0 bridgehead atoms. The van der Waals surface area contributed by atoms with Crippen LogP contribution in [0.4, 0.5) is 5.69 Å². The molecule has 0 fully saturated rings. The van der Waals surface area contributed by atoms with E-state index in [1.807, 2.05) is 32.0 Å². The summed E-state index contributed by atoms with van der Waals surface area (Å²) in [5, 5.41) is 0. The van der Waals surface area contributed by atoms with Gasteiger partial charge in [0.05, 0.1) is 12.1 Å². The number of hydrogen-bond acceptors (Lipinski definition) is 3. The second-order valence-electron chi connectivity index (χ2n) is 5.00. The molecule has 1 aromatic rings. The van der Waals surface area contributed by atoms with Gasteiger partial charge in [-0.1, -0.05) is 6.07 Å². The van der Waals surface area contributed by atoms with Gasteiger partial charge in [-0.3, -0.25) is 4.79 Å². The van der Waals surface area contributed by atoms with Crippen molar-refractivity contribution in [2.75, 3.05) is 11.9 Å². The highest BCUT2D eigenvalue weighted by Gasteiger charge is 2.32. The Hall–Kier alpha value is -1.55. The fourth-order valence-corrected chi connectivity index (χ4v) is 1.99. The Labute approximate surface area is 101 Å². The number of hydrogen-bond donors (Lipinski definition) is 1. The second-order valence-corrected chi connectivity index (χ2v) is 5.00. The molecule has 4 heteroatoms. The van der Waals surface area contributed by atoms with Crippen LogP contribution >= 0.6 is 0 Å². The minimum Gasteiger partial charge on any atom is -0.485 e. The molecular weight excluding hydrogens is 216 g/mol. The van der Waals surface area contributed by atoms with Crippen LogP contribution in [0.1, 0.15) is 25.8 Å². The van der Waals surface area contributed by atoms with Crippen LogP contribution in [0.3, 0.4) is 0 Å². The monoisotopic (exact) mass is 234 g/mol. The van der Waals surface area contributed by atoms with Crippen LogP contribution in [-0.2, 0) is 11.3 Å². The molecule has 0 atom stereocenters. The maximum absolute atomic E-state index is 12.0. The molecule has 0 aliphatic carbocycles. The Balaban J connectivity index is 2.51. The first kappa shape index (κ1) is 11.9. The maximum Gasteiger partial charge on any atom is 0.230 e. The third kappa shape index (κ3) is 2.26. The van der Waals surface area contributed by atoms with Gasteiger partial charge in [0.15, 0.2) is 0 Å². The SMILES string of the molecule is CN1C(=O)CC(C)(C)Oc2ccc(CN)cc21. The molecule has 0 radical (unpaired) electrons. The number of rotatable bonds is 1. The normalized spacial score (nSPS) is 18.4. The Kier molecular flexibility index (Phi) is 2.83. The molecule has 0 aromatic heterocycles. The molecule has 2 rings (SSSR count). The van der Waals surface area contributed by atoms with E-state index in [1.165, 1.54) is 0 Å². The summed E-state index contributed by atoms with van der Waals surface area (Å²) >= 11 is 0. The van der Waals surface area contributed by atoms with Gasteiger partial charge in [0.2, 0.25) is 5.91 Å². The largest absolute Gasteiger partial charge is 0.485 e. The molecule has 0 spiro atoms. The van der Waals surface area contributed by atoms with Gasteiger partial charge in [-0.2, -0.15) is 0 Å². The zero-order chi connectivity index (χ0) is 12.6. The number of anilines is 1. The zero-order valence-electron chi connectivity index (χ0n) is 10.5. The summed E-state index contributed by atoms with van der Waals surface area (Å²) < 4.78 is 5.88. The summed E-state index contributed by atoms with van der Waals surface area (Å²) in [5.74, 6) is 0.795. The highest BCUT2D eigenvalue weighted by atomic mass is 16.5. The predicted octanol–water partition coefficient (Wildman–Crippen LogP) is 1.67. The van der Waals surface area contributed by atoms with Crippen molar-refractivity contribution in [3.63, 3.8) is 0 Å². The fourth-order valence-electron chi connectivity index (χ4n) is 1.99. The van der Waals surface area contributed by atoms with Gasteiger partial charge in [0, 0.05) is 13.6 Å². The van der Waals surface area contributed by atoms with Crippen molar-refractivity contribution in [3.05, 3.63) is 23.8 Å². The van der Waals surface area contributed by atoms with Crippen LogP contribution in [0.5, 0.6) is 5.75 Å². The van der Waals surface area contributed by atoms with Crippen molar-refractivity contribution >= 4 is 11.6 Å². The van der Waals surface area contributed by atoms with Gasteiger partial charge in [0.1, 0.15) is 11.4 Å². The first-order valence-corrected chi connectivity index (χ1v) is 5.71. The van der Waals surface area contributed by atoms with Crippen molar-refractivity contribution < 1.29 is 9.53 Å². The average molecular weight is 234 g/mol. The van der Waals surface area contributed by atoms with Gasteiger partial charge in [0.25, 0.3) is 0 Å². The van der Waals surface area contributed by atoms with Crippen LogP contribution in [0, 0.1) is 0 Å². The van der Waals surface area contributed by atoms with Gasteiger partial charge in [-0.15, -0.1) is 0 Å². The van der Waals surface area contributed by atoms with E-state index in [0.717, 1.165) is 17.0 Å². The van der Waals surface area contributed by atoms with Crippen molar-refractivity contribution in [1.29, 1.82) is 0 Å².